The fraction of sp³-hybridized carbons (Fsp3) is 0.476. The molecule has 2 unspecified atom stereocenters. The number of halogens is 1. The number of hydrogen-bond donors (Lipinski definition) is 7. The van der Waals surface area contributed by atoms with Gasteiger partial charge in [-0.15, -0.1) is 0 Å². The van der Waals surface area contributed by atoms with Crippen LogP contribution in [0.4, 0.5) is 16.2 Å². The first-order chi connectivity index (χ1) is 21.7. The van der Waals surface area contributed by atoms with Gasteiger partial charge in [0, 0.05) is 6.07 Å². The number of nitrogens with zero attached hydrogens (tertiary/aromatic N) is 5. The van der Waals surface area contributed by atoms with Gasteiger partial charge in [-0.3, -0.25) is 37.2 Å². The molecule has 248 valence electrons. The predicted molar refractivity (Wildman–Crippen MR) is 154 cm³/mol. The van der Waals surface area contributed by atoms with E-state index in [1.165, 1.54) is 17.0 Å². The second-order valence-electron chi connectivity index (χ2n) is 10.4. The lowest BCUT2D eigenvalue weighted by Crippen LogP contribution is -2.38. The van der Waals surface area contributed by atoms with E-state index < -0.39 is 88.1 Å². The van der Waals surface area contributed by atoms with E-state index in [-0.39, 0.29) is 34.0 Å². The van der Waals surface area contributed by atoms with Crippen LogP contribution in [0, 0.1) is 0 Å². The summed E-state index contributed by atoms with van der Waals surface area (Å²) < 4.78 is 77.4. The van der Waals surface area contributed by atoms with Crippen molar-refractivity contribution >= 4 is 60.8 Å². The van der Waals surface area contributed by atoms with Crippen LogP contribution in [0.5, 0.6) is 0 Å². The van der Waals surface area contributed by atoms with Gasteiger partial charge < -0.3 is 40.5 Å². The summed E-state index contributed by atoms with van der Waals surface area (Å²) in [6.07, 6.45) is -11.0. The van der Waals surface area contributed by atoms with Crippen LogP contribution in [0.1, 0.15) is 12.5 Å². The monoisotopic (exact) mass is 707 g/mol. The summed E-state index contributed by atoms with van der Waals surface area (Å²) in [5.41, 5.74) is 9.81. The highest BCUT2D eigenvalue weighted by atomic mass is 32.7. The number of aromatic amines is 2. The highest BCUT2D eigenvalue weighted by Gasteiger charge is 2.54. The molecule has 10 atom stereocenters. The van der Waals surface area contributed by atoms with E-state index in [0.717, 1.165) is 10.9 Å². The van der Waals surface area contributed by atoms with Crippen molar-refractivity contribution in [3.63, 3.8) is 0 Å². The number of imidazole rings is 2. The lowest BCUT2D eigenvalue weighted by molar-refractivity contribution is -0.0613. The molecule has 0 amide bonds. The number of nitrogens with one attached hydrogen (secondary N) is 2. The third kappa shape index (κ3) is 5.46. The van der Waals surface area contributed by atoms with Crippen molar-refractivity contribution in [2.45, 2.75) is 49.1 Å². The summed E-state index contributed by atoms with van der Waals surface area (Å²) in [6.45, 7) is -6.01. The minimum Gasteiger partial charge on any atom is -0.386 e. The van der Waals surface area contributed by atoms with Crippen molar-refractivity contribution in [2.75, 3.05) is 24.7 Å². The highest BCUT2D eigenvalue weighted by Crippen LogP contribution is 2.58. The van der Waals surface area contributed by atoms with Gasteiger partial charge in [-0.1, -0.05) is 12.2 Å². The first kappa shape index (κ1) is 31.4. The standard InChI is InChI=1S/C21H24FN9O12P2S/c22-10-14-7(40-19(10)31-5-26-12-16(31)28-21(24)29-18(12)34)3-39-45(37,46)43-15-8(2-38-44(35,36)42-14)41-20(13(15)32)30-4-25-11-6(30)1-9(23)27-17(11)33/h1,4-5,7-8,10,13-15,19-20,32H,2-3H2,(H,35,36)(H,37,46)(H3,23,27,33)(H3,24,28,29,34)/t7-,8-,10-,13-,14-,15-,19-,20-,45?/m1/s1. The normalized spacial score (nSPS) is 37.1. The number of aromatic nitrogens is 7. The fourth-order valence-electron chi connectivity index (χ4n) is 5.49. The Bertz CT molecular complexity index is 1910. The van der Waals surface area contributed by atoms with Gasteiger partial charge in [0.15, 0.2) is 35.3 Å². The number of alkyl halides is 1. The molecule has 21 nitrogen and oxygen atoms in total. The zero-order valence-electron chi connectivity index (χ0n) is 22.9. The second kappa shape index (κ2) is 11.2. The summed E-state index contributed by atoms with van der Waals surface area (Å²) in [5.74, 6) is -0.308. The van der Waals surface area contributed by atoms with E-state index in [9.17, 15) is 28.7 Å². The van der Waals surface area contributed by atoms with Crippen LogP contribution in [0.3, 0.4) is 0 Å². The van der Waals surface area contributed by atoms with Crippen LogP contribution in [0.25, 0.3) is 22.2 Å². The molecular weight excluding hydrogens is 683 g/mol. The first-order valence-electron chi connectivity index (χ1n) is 13.2. The van der Waals surface area contributed by atoms with Crippen LogP contribution in [-0.4, -0.2) is 94.0 Å². The highest BCUT2D eigenvalue weighted by molar-refractivity contribution is 8.44. The molecule has 0 spiro atoms. The molecule has 0 aromatic carbocycles. The minimum absolute atomic E-state index is 0.0131. The van der Waals surface area contributed by atoms with Crippen LogP contribution < -0.4 is 22.6 Å². The number of thiol groups is 1. The van der Waals surface area contributed by atoms with Crippen molar-refractivity contribution in [3.8, 4) is 0 Å². The lowest BCUT2D eigenvalue weighted by Gasteiger charge is -2.28. The summed E-state index contributed by atoms with van der Waals surface area (Å²) in [6, 6.07) is 1.36. The van der Waals surface area contributed by atoms with Crippen molar-refractivity contribution in [3.05, 3.63) is 39.4 Å². The molecule has 46 heavy (non-hydrogen) atoms. The summed E-state index contributed by atoms with van der Waals surface area (Å²) >= 11 is 3.98. The smallest absolute Gasteiger partial charge is 0.386 e. The van der Waals surface area contributed by atoms with E-state index in [4.69, 9.17) is 39.0 Å². The molecule has 4 aromatic heterocycles. The van der Waals surface area contributed by atoms with Crippen LogP contribution >= 0.6 is 26.9 Å². The van der Waals surface area contributed by atoms with Gasteiger partial charge in [0.05, 0.1) is 31.4 Å². The number of aliphatic hydroxyl groups excluding tert-OH is 1. The number of pyridine rings is 1. The number of ether oxygens (including phenoxy) is 2. The summed E-state index contributed by atoms with van der Waals surface area (Å²) in [7, 11) is -5.12. The third-order valence-corrected chi connectivity index (χ3v) is 10.1. The molecule has 0 bridgehead atoms. The van der Waals surface area contributed by atoms with Gasteiger partial charge >= 0.3 is 14.6 Å². The number of H-pyrrole nitrogens is 2. The molecule has 3 aliphatic heterocycles. The quantitative estimate of drug-likeness (QED) is 0.102. The minimum atomic E-state index is -5.12. The first-order valence-corrected chi connectivity index (χ1v) is 17.4. The van der Waals surface area contributed by atoms with Gasteiger partial charge in [0.2, 0.25) is 5.95 Å². The van der Waals surface area contributed by atoms with E-state index in [1.807, 2.05) is 0 Å². The number of anilines is 2. The molecular formula is C21H24FN9O12P2S. The number of aliphatic hydroxyl groups is 1. The lowest BCUT2D eigenvalue weighted by atomic mass is 10.1. The van der Waals surface area contributed by atoms with Crippen LogP contribution in [-0.2, 0) is 36.7 Å². The molecule has 0 radical (unpaired) electrons. The Morgan fingerprint density at radius 1 is 0.957 bits per heavy atom. The number of rotatable bonds is 2. The maximum absolute atomic E-state index is 15.9. The maximum atomic E-state index is 15.9. The Morgan fingerprint density at radius 3 is 2.39 bits per heavy atom. The molecule has 8 N–H and O–H groups in total. The average Bonchev–Trinajstić information content (AvgIpc) is 3.72. The zero-order valence-corrected chi connectivity index (χ0v) is 25.5. The van der Waals surface area contributed by atoms with Crippen molar-refractivity contribution in [1.82, 2.24) is 34.1 Å². The summed E-state index contributed by atoms with van der Waals surface area (Å²) in [4.78, 5) is 51.6. The molecule has 25 heteroatoms. The Balaban J connectivity index is 1.18. The topological polar surface area (TPSA) is 296 Å². The molecule has 3 saturated heterocycles. The number of nitrogens with two attached hydrogens (primary N) is 2. The number of phosphoric acid groups is 1. The Hall–Kier alpha value is -3.21. The molecule has 3 aliphatic rings. The third-order valence-electron chi connectivity index (χ3n) is 7.49. The number of hydrogen-bond acceptors (Lipinski definition) is 16. The Morgan fingerprint density at radius 2 is 1.61 bits per heavy atom. The molecule has 7 heterocycles. The average molecular weight is 707 g/mol. The molecule has 4 aromatic rings. The SMILES string of the molecule is Nc1cc2c(ncn2[C@@H]2O[C@@H]3COP(=O)(O)O[C@H]4[C@@H](F)[C@H](n5cnc6c(=O)[nH]c(N)nc65)O[C@@H]4COP(=O)(S)O[C@H]3[C@H]2O)c(=O)[nH]1. The molecule has 0 aliphatic carbocycles. The summed E-state index contributed by atoms with van der Waals surface area (Å²) in [5, 5.41) is 11.2. The van der Waals surface area contributed by atoms with E-state index >= 15 is 4.39 Å². The van der Waals surface area contributed by atoms with Crippen molar-refractivity contribution in [1.29, 1.82) is 0 Å². The van der Waals surface area contributed by atoms with Crippen LogP contribution in [0.2, 0.25) is 0 Å². The second-order valence-corrected chi connectivity index (χ2v) is 14.7. The Labute approximate surface area is 259 Å². The van der Waals surface area contributed by atoms with Gasteiger partial charge in [-0.25, -0.2) is 23.5 Å². The fourth-order valence-corrected chi connectivity index (χ4v) is 7.94. The predicted octanol–water partition coefficient (Wildman–Crippen LogP) is -0.528. The van der Waals surface area contributed by atoms with E-state index in [0.29, 0.717) is 0 Å². The van der Waals surface area contributed by atoms with Crippen molar-refractivity contribution < 1.29 is 51.1 Å². The van der Waals surface area contributed by atoms with E-state index in [1.54, 1.807) is 0 Å². The van der Waals surface area contributed by atoms with Crippen molar-refractivity contribution in [2.24, 2.45) is 0 Å². The molecule has 7 rings (SSSR count). The molecule has 0 saturated carbocycles. The largest absolute Gasteiger partial charge is 0.472 e. The van der Waals surface area contributed by atoms with Gasteiger partial charge in [-0.2, -0.15) is 4.98 Å². The number of fused-ring (bicyclic) bond motifs is 4. The van der Waals surface area contributed by atoms with Gasteiger partial charge in [0.25, 0.3) is 11.1 Å². The number of nitrogen functional groups attached to an aromatic ring is 2. The molecule has 3 fully saturated rings. The Kier molecular flexibility index (Phi) is 7.64. The van der Waals surface area contributed by atoms with E-state index in [2.05, 4.69) is 37.2 Å². The number of phosphoric ester groups is 1. The zero-order chi connectivity index (χ0) is 32.7. The van der Waals surface area contributed by atoms with Gasteiger partial charge in [0.1, 0.15) is 36.3 Å². The van der Waals surface area contributed by atoms with Gasteiger partial charge in [-0.05, 0) is 0 Å². The van der Waals surface area contributed by atoms with Crippen LogP contribution in [0.15, 0.2) is 28.3 Å². The maximum Gasteiger partial charge on any atom is 0.472 e.